The van der Waals surface area contributed by atoms with Crippen LogP contribution in [0.4, 0.5) is 5.82 Å². The van der Waals surface area contributed by atoms with Crippen LogP contribution in [-0.4, -0.2) is 26.4 Å². The molecule has 0 spiro atoms. The highest BCUT2D eigenvalue weighted by Gasteiger charge is 2.36. The van der Waals surface area contributed by atoms with Crippen molar-refractivity contribution in [3.8, 4) is 6.07 Å². The maximum absolute atomic E-state index is 10.2. The van der Waals surface area contributed by atoms with Gasteiger partial charge in [0.05, 0.1) is 16.8 Å². The summed E-state index contributed by atoms with van der Waals surface area (Å²) in [6.07, 6.45) is 1.49. The average molecular weight is 276 g/mol. The Hall–Kier alpha value is -1.67. The van der Waals surface area contributed by atoms with Crippen molar-refractivity contribution in [3.63, 3.8) is 0 Å². The fourth-order valence-electron chi connectivity index (χ4n) is 1.83. The summed E-state index contributed by atoms with van der Waals surface area (Å²) in [7, 11) is 0. The Kier molecular flexibility index (Phi) is 4.72. The third-order valence-electron chi connectivity index (χ3n) is 3.92. The Morgan fingerprint density at radius 3 is 2.15 bits per heavy atom. The van der Waals surface area contributed by atoms with Gasteiger partial charge < -0.3 is 10.4 Å². The van der Waals surface area contributed by atoms with E-state index in [1.807, 2.05) is 27.7 Å². The second-order valence-corrected chi connectivity index (χ2v) is 5.98. The number of aryl methyl sites for hydroxylation is 1. The van der Waals surface area contributed by atoms with Crippen molar-refractivity contribution in [1.82, 2.24) is 10.2 Å². The highest BCUT2D eigenvalue weighted by Crippen LogP contribution is 2.28. The van der Waals surface area contributed by atoms with Gasteiger partial charge in [0, 0.05) is 0 Å². The SMILES string of the molecule is CCc1nnc(NC(C)(C)C(C)(C)O)c(C#N)c1CC. The number of aromatic nitrogens is 2. The predicted octanol–water partition coefficient (Wildman–Crippen LogP) is 2.43. The lowest BCUT2D eigenvalue weighted by atomic mass is 9.85. The molecule has 0 aliphatic carbocycles. The van der Waals surface area contributed by atoms with E-state index in [9.17, 15) is 10.4 Å². The Morgan fingerprint density at radius 1 is 1.15 bits per heavy atom. The molecule has 0 saturated carbocycles. The quantitative estimate of drug-likeness (QED) is 0.863. The molecule has 0 unspecified atom stereocenters. The van der Waals surface area contributed by atoms with Gasteiger partial charge in [0.25, 0.3) is 0 Å². The number of aliphatic hydroxyl groups is 1. The van der Waals surface area contributed by atoms with Crippen molar-refractivity contribution in [2.45, 2.75) is 65.5 Å². The van der Waals surface area contributed by atoms with Crippen molar-refractivity contribution in [1.29, 1.82) is 5.26 Å². The summed E-state index contributed by atoms with van der Waals surface area (Å²) in [5, 5.41) is 31.1. The summed E-state index contributed by atoms with van der Waals surface area (Å²) in [6.45, 7) is 11.2. The van der Waals surface area contributed by atoms with E-state index in [1.165, 1.54) is 0 Å². The molecule has 0 saturated heterocycles. The molecule has 1 aromatic rings. The molecule has 5 nitrogen and oxygen atoms in total. The lowest BCUT2D eigenvalue weighted by molar-refractivity contribution is 0.0238. The average Bonchev–Trinajstić information content (AvgIpc) is 2.36. The van der Waals surface area contributed by atoms with Crippen LogP contribution < -0.4 is 5.32 Å². The fraction of sp³-hybridized carbons (Fsp3) is 0.667. The van der Waals surface area contributed by atoms with Gasteiger partial charge in [0.2, 0.25) is 0 Å². The standard InChI is InChI=1S/C15H24N4O/c1-7-10-11(9-16)13(19-18-12(10)8-2)17-14(3,4)15(5,6)20/h20H,7-8H2,1-6H3,(H,17,19). The summed E-state index contributed by atoms with van der Waals surface area (Å²) in [4.78, 5) is 0. The first-order chi connectivity index (χ1) is 9.17. The molecular formula is C15H24N4O. The molecule has 2 N–H and O–H groups in total. The topological polar surface area (TPSA) is 81.8 Å². The van der Waals surface area contributed by atoms with Gasteiger partial charge in [-0.25, -0.2) is 0 Å². The van der Waals surface area contributed by atoms with Crippen LogP contribution in [0.3, 0.4) is 0 Å². The van der Waals surface area contributed by atoms with E-state index in [0.29, 0.717) is 11.4 Å². The van der Waals surface area contributed by atoms with E-state index in [-0.39, 0.29) is 0 Å². The van der Waals surface area contributed by atoms with Crippen LogP contribution in [0.1, 0.15) is 58.4 Å². The lowest BCUT2D eigenvalue weighted by Gasteiger charge is -2.38. The van der Waals surface area contributed by atoms with Crippen LogP contribution >= 0.6 is 0 Å². The summed E-state index contributed by atoms with van der Waals surface area (Å²) >= 11 is 0. The lowest BCUT2D eigenvalue weighted by Crippen LogP contribution is -2.51. The Labute approximate surface area is 121 Å². The maximum atomic E-state index is 10.2. The second-order valence-electron chi connectivity index (χ2n) is 5.98. The molecule has 0 radical (unpaired) electrons. The normalized spacial score (nSPS) is 12.1. The predicted molar refractivity (Wildman–Crippen MR) is 79.5 cm³/mol. The zero-order valence-corrected chi connectivity index (χ0v) is 13.2. The van der Waals surface area contributed by atoms with Crippen LogP contribution in [0.15, 0.2) is 0 Å². The first-order valence-corrected chi connectivity index (χ1v) is 6.97. The van der Waals surface area contributed by atoms with Gasteiger partial charge >= 0.3 is 0 Å². The zero-order valence-electron chi connectivity index (χ0n) is 13.2. The molecule has 0 atom stereocenters. The number of hydrogen-bond acceptors (Lipinski definition) is 5. The maximum Gasteiger partial charge on any atom is 0.167 e. The Balaban J connectivity index is 3.31. The number of nitrogens with one attached hydrogen (secondary N) is 1. The third-order valence-corrected chi connectivity index (χ3v) is 3.92. The minimum absolute atomic E-state index is 0.439. The van der Waals surface area contributed by atoms with Gasteiger partial charge in [-0.2, -0.15) is 10.4 Å². The molecular weight excluding hydrogens is 252 g/mol. The third kappa shape index (κ3) is 3.07. The zero-order chi connectivity index (χ0) is 15.6. The number of hydrogen-bond donors (Lipinski definition) is 2. The monoisotopic (exact) mass is 276 g/mol. The van der Waals surface area contributed by atoms with Crippen molar-refractivity contribution in [2.75, 3.05) is 5.32 Å². The molecule has 1 heterocycles. The molecule has 20 heavy (non-hydrogen) atoms. The summed E-state index contributed by atoms with van der Waals surface area (Å²) < 4.78 is 0. The molecule has 0 bridgehead atoms. The number of rotatable bonds is 5. The molecule has 0 aromatic carbocycles. The van der Waals surface area contributed by atoms with Crippen molar-refractivity contribution in [3.05, 3.63) is 16.8 Å². The Morgan fingerprint density at radius 2 is 1.75 bits per heavy atom. The Bertz CT molecular complexity index is 524. The number of anilines is 1. The van der Waals surface area contributed by atoms with Gasteiger partial charge in [-0.1, -0.05) is 13.8 Å². The fourth-order valence-corrected chi connectivity index (χ4v) is 1.83. The summed E-state index contributed by atoms with van der Waals surface area (Å²) in [6, 6.07) is 2.22. The number of nitriles is 1. The highest BCUT2D eigenvalue weighted by atomic mass is 16.3. The van der Waals surface area contributed by atoms with E-state index < -0.39 is 11.1 Å². The van der Waals surface area contributed by atoms with Crippen molar-refractivity contribution in [2.24, 2.45) is 0 Å². The van der Waals surface area contributed by atoms with Gasteiger partial charge in [-0.3, -0.25) is 0 Å². The molecule has 0 fully saturated rings. The summed E-state index contributed by atoms with van der Waals surface area (Å²) in [5.41, 5.74) is 0.717. The second kappa shape index (κ2) is 5.76. The first kappa shape index (κ1) is 16.4. The van der Waals surface area contributed by atoms with Gasteiger partial charge in [-0.05, 0) is 46.1 Å². The van der Waals surface area contributed by atoms with Gasteiger partial charge in [-0.15, -0.1) is 5.10 Å². The van der Waals surface area contributed by atoms with E-state index in [2.05, 4.69) is 21.6 Å². The molecule has 5 heteroatoms. The number of nitrogens with zero attached hydrogens (tertiary/aromatic N) is 3. The molecule has 110 valence electrons. The van der Waals surface area contributed by atoms with E-state index >= 15 is 0 Å². The van der Waals surface area contributed by atoms with Crippen molar-refractivity contribution >= 4 is 5.82 Å². The van der Waals surface area contributed by atoms with Gasteiger partial charge in [0.1, 0.15) is 11.6 Å². The van der Waals surface area contributed by atoms with Crippen LogP contribution in [0.25, 0.3) is 0 Å². The van der Waals surface area contributed by atoms with Crippen LogP contribution in [-0.2, 0) is 12.8 Å². The van der Waals surface area contributed by atoms with E-state index in [4.69, 9.17) is 0 Å². The van der Waals surface area contributed by atoms with Gasteiger partial charge in [0.15, 0.2) is 5.82 Å². The first-order valence-electron chi connectivity index (χ1n) is 6.97. The highest BCUT2D eigenvalue weighted by molar-refractivity contribution is 5.57. The van der Waals surface area contributed by atoms with Crippen LogP contribution in [0.5, 0.6) is 0 Å². The molecule has 0 aliphatic heterocycles. The molecule has 1 aromatic heterocycles. The molecule has 1 rings (SSSR count). The largest absolute Gasteiger partial charge is 0.388 e. The summed E-state index contributed by atoms with van der Waals surface area (Å²) in [5.74, 6) is 0.439. The van der Waals surface area contributed by atoms with Crippen LogP contribution in [0, 0.1) is 11.3 Å². The van der Waals surface area contributed by atoms with Crippen molar-refractivity contribution < 1.29 is 5.11 Å². The molecule has 0 amide bonds. The van der Waals surface area contributed by atoms with E-state index in [1.54, 1.807) is 13.8 Å². The smallest absolute Gasteiger partial charge is 0.167 e. The minimum Gasteiger partial charge on any atom is -0.388 e. The minimum atomic E-state index is -0.961. The van der Waals surface area contributed by atoms with E-state index in [0.717, 1.165) is 24.1 Å². The molecule has 0 aliphatic rings. The van der Waals surface area contributed by atoms with Crippen LogP contribution in [0.2, 0.25) is 0 Å².